The Bertz CT molecular complexity index is 1230. The van der Waals surface area contributed by atoms with Crippen molar-refractivity contribution in [2.24, 2.45) is 0 Å². The van der Waals surface area contributed by atoms with Crippen molar-refractivity contribution in [1.82, 2.24) is 9.55 Å². The summed E-state index contributed by atoms with van der Waals surface area (Å²) in [6, 6.07) is 18.6. The van der Waals surface area contributed by atoms with E-state index in [1.807, 2.05) is 55.5 Å². The molecular formula is C23H20N2O4. The molecule has 0 fully saturated rings. The number of benzene rings is 3. The summed E-state index contributed by atoms with van der Waals surface area (Å²) >= 11 is 0. The molecule has 29 heavy (non-hydrogen) atoms. The lowest BCUT2D eigenvalue weighted by molar-refractivity contribution is -0.143. The molecule has 6 heteroatoms. The van der Waals surface area contributed by atoms with Crippen LogP contribution in [0.25, 0.3) is 21.8 Å². The van der Waals surface area contributed by atoms with E-state index in [-0.39, 0.29) is 18.9 Å². The van der Waals surface area contributed by atoms with Gasteiger partial charge in [-0.05, 0) is 48.0 Å². The Balaban J connectivity index is 1.43. The minimum atomic E-state index is -0.477. The predicted octanol–water partition coefficient (Wildman–Crippen LogP) is 3.93. The average Bonchev–Trinajstić information content (AvgIpc) is 3.06. The van der Waals surface area contributed by atoms with Gasteiger partial charge in [-0.2, -0.15) is 0 Å². The summed E-state index contributed by atoms with van der Waals surface area (Å²) in [5.41, 5.74) is 2.18. The zero-order valence-electron chi connectivity index (χ0n) is 16.2. The number of esters is 1. The van der Waals surface area contributed by atoms with Gasteiger partial charge < -0.3 is 14.0 Å². The molecule has 6 nitrogen and oxygen atoms in total. The van der Waals surface area contributed by atoms with E-state index >= 15 is 0 Å². The fraction of sp³-hybridized carbons (Fsp3) is 0.174. The van der Waals surface area contributed by atoms with E-state index in [9.17, 15) is 9.59 Å². The van der Waals surface area contributed by atoms with E-state index in [1.54, 1.807) is 23.8 Å². The normalized spacial score (nSPS) is 11.0. The van der Waals surface area contributed by atoms with Crippen LogP contribution >= 0.6 is 0 Å². The van der Waals surface area contributed by atoms with Crippen LogP contribution in [-0.2, 0) is 16.1 Å². The number of hydrogen-bond acceptors (Lipinski definition) is 5. The summed E-state index contributed by atoms with van der Waals surface area (Å²) in [7, 11) is 1.61. The lowest BCUT2D eigenvalue weighted by Gasteiger charge is -2.08. The molecule has 0 atom stereocenters. The minimum absolute atomic E-state index is 0.0111. The molecule has 0 bridgehead atoms. The number of para-hydroxylation sites is 2. The van der Waals surface area contributed by atoms with E-state index in [2.05, 4.69) is 4.98 Å². The number of carbonyl (C=O) groups is 2. The van der Waals surface area contributed by atoms with Crippen molar-refractivity contribution in [2.75, 3.05) is 13.7 Å². The molecule has 146 valence electrons. The van der Waals surface area contributed by atoms with Crippen LogP contribution in [0.2, 0.25) is 0 Å². The number of imidazole rings is 1. The summed E-state index contributed by atoms with van der Waals surface area (Å²) in [6.45, 7) is 1.55. The third-order valence-corrected chi connectivity index (χ3v) is 4.87. The van der Waals surface area contributed by atoms with Crippen molar-refractivity contribution < 1.29 is 19.1 Å². The zero-order chi connectivity index (χ0) is 20.4. The number of aromatic nitrogens is 2. The van der Waals surface area contributed by atoms with Gasteiger partial charge in [0.15, 0.2) is 12.4 Å². The maximum absolute atomic E-state index is 12.5. The quantitative estimate of drug-likeness (QED) is 0.370. The number of hydrogen-bond donors (Lipinski definition) is 0. The fourth-order valence-corrected chi connectivity index (χ4v) is 3.32. The SMILES string of the molecule is COc1ccc2cc(C(=O)COC(=O)Cn3c(C)nc4ccccc43)ccc2c1. The van der Waals surface area contributed by atoms with E-state index < -0.39 is 5.97 Å². The minimum Gasteiger partial charge on any atom is -0.497 e. The van der Waals surface area contributed by atoms with Gasteiger partial charge in [-0.3, -0.25) is 9.59 Å². The second kappa shape index (κ2) is 7.75. The number of ether oxygens (including phenoxy) is 2. The highest BCUT2D eigenvalue weighted by molar-refractivity contribution is 6.01. The van der Waals surface area contributed by atoms with Crippen molar-refractivity contribution in [3.8, 4) is 5.75 Å². The average molecular weight is 388 g/mol. The van der Waals surface area contributed by atoms with Gasteiger partial charge in [0.25, 0.3) is 0 Å². The number of carbonyl (C=O) groups excluding carboxylic acids is 2. The Morgan fingerprint density at radius 3 is 2.59 bits per heavy atom. The number of methoxy groups -OCH3 is 1. The standard InChI is InChI=1S/C23H20N2O4/c1-15-24-20-5-3-4-6-21(20)25(15)13-23(27)29-14-22(26)18-8-7-17-12-19(28-2)10-9-16(17)11-18/h3-12H,13-14H2,1-2H3. The summed E-state index contributed by atoms with van der Waals surface area (Å²) < 4.78 is 12.2. The molecule has 0 aliphatic carbocycles. The third kappa shape index (κ3) is 3.82. The molecule has 0 unspecified atom stereocenters. The first-order chi connectivity index (χ1) is 14.0. The largest absolute Gasteiger partial charge is 0.497 e. The molecule has 0 saturated carbocycles. The van der Waals surface area contributed by atoms with E-state index in [1.165, 1.54) is 0 Å². The highest BCUT2D eigenvalue weighted by atomic mass is 16.5. The Kier molecular flexibility index (Phi) is 4.99. The Morgan fingerprint density at radius 2 is 1.76 bits per heavy atom. The van der Waals surface area contributed by atoms with Crippen LogP contribution in [0.1, 0.15) is 16.2 Å². The molecule has 4 aromatic rings. The highest BCUT2D eigenvalue weighted by Crippen LogP contribution is 2.22. The summed E-state index contributed by atoms with van der Waals surface area (Å²) in [5.74, 6) is 0.755. The molecular weight excluding hydrogens is 368 g/mol. The number of rotatable bonds is 6. The molecule has 0 aliphatic heterocycles. The van der Waals surface area contributed by atoms with Gasteiger partial charge in [0.05, 0.1) is 18.1 Å². The van der Waals surface area contributed by atoms with Crippen LogP contribution in [0.5, 0.6) is 5.75 Å². The van der Waals surface area contributed by atoms with Crippen molar-refractivity contribution in [1.29, 1.82) is 0 Å². The molecule has 0 radical (unpaired) electrons. The summed E-state index contributed by atoms with van der Waals surface area (Å²) in [6.07, 6.45) is 0. The van der Waals surface area contributed by atoms with Crippen molar-refractivity contribution in [3.05, 3.63) is 72.1 Å². The maximum Gasteiger partial charge on any atom is 0.326 e. The molecule has 1 heterocycles. The molecule has 0 N–H and O–H groups in total. The van der Waals surface area contributed by atoms with Crippen LogP contribution in [0.3, 0.4) is 0 Å². The van der Waals surface area contributed by atoms with Crippen molar-refractivity contribution in [3.63, 3.8) is 0 Å². The zero-order valence-corrected chi connectivity index (χ0v) is 16.2. The van der Waals surface area contributed by atoms with Gasteiger partial charge in [0, 0.05) is 5.56 Å². The number of nitrogens with zero attached hydrogens (tertiary/aromatic N) is 2. The maximum atomic E-state index is 12.5. The van der Waals surface area contributed by atoms with Gasteiger partial charge in [0.1, 0.15) is 18.1 Å². The second-order valence-electron chi connectivity index (χ2n) is 6.75. The molecule has 3 aromatic carbocycles. The van der Waals surface area contributed by atoms with Crippen molar-refractivity contribution in [2.45, 2.75) is 13.5 Å². The van der Waals surface area contributed by atoms with Crippen LogP contribution < -0.4 is 4.74 Å². The van der Waals surface area contributed by atoms with Gasteiger partial charge >= 0.3 is 5.97 Å². The second-order valence-corrected chi connectivity index (χ2v) is 6.75. The smallest absolute Gasteiger partial charge is 0.326 e. The number of aryl methyl sites for hydroxylation is 1. The Labute approximate surface area is 167 Å². The lowest BCUT2D eigenvalue weighted by atomic mass is 10.0. The van der Waals surface area contributed by atoms with Gasteiger partial charge in [0.2, 0.25) is 0 Å². The number of Topliss-reactive ketones (excluding diaryl/α,β-unsaturated/α-hetero) is 1. The highest BCUT2D eigenvalue weighted by Gasteiger charge is 2.14. The molecule has 0 spiro atoms. The number of fused-ring (bicyclic) bond motifs is 2. The van der Waals surface area contributed by atoms with Gasteiger partial charge in [-0.15, -0.1) is 0 Å². The van der Waals surface area contributed by atoms with E-state index in [0.717, 1.165) is 33.4 Å². The van der Waals surface area contributed by atoms with Crippen LogP contribution in [0, 0.1) is 6.92 Å². The third-order valence-electron chi connectivity index (χ3n) is 4.87. The molecule has 0 amide bonds. The Morgan fingerprint density at radius 1 is 1.00 bits per heavy atom. The Hall–Kier alpha value is -3.67. The number of ketones is 1. The van der Waals surface area contributed by atoms with Crippen LogP contribution in [0.15, 0.2) is 60.7 Å². The molecule has 1 aromatic heterocycles. The molecule has 0 aliphatic rings. The van der Waals surface area contributed by atoms with E-state index in [4.69, 9.17) is 9.47 Å². The molecule has 0 saturated heterocycles. The van der Waals surface area contributed by atoms with Crippen LogP contribution in [0.4, 0.5) is 0 Å². The first-order valence-corrected chi connectivity index (χ1v) is 9.23. The first kappa shape index (κ1) is 18.7. The van der Waals surface area contributed by atoms with E-state index in [0.29, 0.717) is 5.56 Å². The first-order valence-electron chi connectivity index (χ1n) is 9.23. The van der Waals surface area contributed by atoms with Gasteiger partial charge in [-0.1, -0.05) is 30.3 Å². The van der Waals surface area contributed by atoms with Crippen LogP contribution in [-0.4, -0.2) is 35.0 Å². The van der Waals surface area contributed by atoms with Crippen molar-refractivity contribution >= 4 is 33.6 Å². The summed E-state index contributed by atoms with van der Waals surface area (Å²) in [4.78, 5) is 29.2. The topological polar surface area (TPSA) is 70.4 Å². The summed E-state index contributed by atoms with van der Waals surface area (Å²) in [5, 5.41) is 1.89. The van der Waals surface area contributed by atoms with Gasteiger partial charge in [-0.25, -0.2) is 4.98 Å². The monoisotopic (exact) mass is 388 g/mol. The molecule has 4 rings (SSSR count). The fourth-order valence-electron chi connectivity index (χ4n) is 3.32. The lowest BCUT2D eigenvalue weighted by Crippen LogP contribution is -2.19. The predicted molar refractivity (Wildman–Crippen MR) is 110 cm³/mol.